The maximum atomic E-state index is 13.2. The van der Waals surface area contributed by atoms with Crippen molar-refractivity contribution in [3.8, 4) is 5.75 Å². The minimum absolute atomic E-state index is 0.0369. The lowest BCUT2D eigenvalue weighted by Gasteiger charge is -2.34. The van der Waals surface area contributed by atoms with E-state index >= 15 is 0 Å². The van der Waals surface area contributed by atoms with Gasteiger partial charge in [0.05, 0.1) is 11.5 Å². The number of amides is 2. The molecule has 32 heavy (non-hydrogen) atoms. The second-order valence-corrected chi connectivity index (χ2v) is 9.74. The molecule has 1 aliphatic heterocycles. The van der Waals surface area contributed by atoms with Crippen molar-refractivity contribution in [2.75, 3.05) is 26.4 Å². The number of carbonyl (C=O) groups excluding carboxylic acids is 2. The molecule has 1 aromatic heterocycles. The molecule has 11 heteroatoms. The molecule has 0 spiro atoms. The van der Waals surface area contributed by atoms with Crippen LogP contribution in [0.2, 0.25) is 0 Å². The van der Waals surface area contributed by atoms with Crippen LogP contribution in [0.1, 0.15) is 29.8 Å². The van der Waals surface area contributed by atoms with Gasteiger partial charge in [0.1, 0.15) is 11.4 Å². The Kier molecular flexibility index (Phi) is 7.54. The lowest BCUT2D eigenvalue weighted by Crippen LogP contribution is -2.54. The average Bonchev–Trinajstić information content (AvgIpc) is 3.24. The fourth-order valence-corrected chi connectivity index (χ4v) is 5.55. The van der Waals surface area contributed by atoms with E-state index in [2.05, 4.69) is 5.32 Å². The Morgan fingerprint density at radius 1 is 1.19 bits per heavy atom. The molecule has 10 nitrogen and oxygen atoms in total. The number of aryl methyl sites for hydroxylation is 1. The van der Waals surface area contributed by atoms with Crippen molar-refractivity contribution < 1.29 is 32.7 Å². The summed E-state index contributed by atoms with van der Waals surface area (Å²) in [6.07, 6.45) is 2.26. The van der Waals surface area contributed by atoms with E-state index in [1.165, 1.54) is 29.7 Å². The molecular formula is C21H27N3O7S. The number of aromatic nitrogens is 1. The van der Waals surface area contributed by atoms with E-state index in [1.807, 2.05) is 0 Å². The summed E-state index contributed by atoms with van der Waals surface area (Å²) < 4.78 is 37.2. The van der Waals surface area contributed by atoms with Crippen molar-refractivity contribution in [3.05, 3.63) is 48.3 Å². The summed E-state index contributed by atoms with van der Waals surface area (Å²) in [5.41, 5.74) is 2.06. The van der Waals surface area contributed by atoms with E-state index in [-0.39, 0.29) is 36.9 Å². The topological polar surface area (TPSA) is 136 Å². The van der Waals surface area contributed by atoms with Crippen molar-refractivity contribution in [1.29, 1.82) is 0 Å². The van der Waals surface area contributed by atoms with Gasteiger partial charge >= 0.3 is 0 Å². The molecule has 0 unspecified atom stereocenters. The Morgan fingerprint density at radius 2 is 1.88 bits per heavy atom. The predicted molar refractivity (Wildman–Crippen MR) is 114 cm³/mol. The maximum absolute atomic E-state index is 13.2. The smallest absolute Gasteiger partial charge is 0.267 e. The number of ether oxygens (including phenoxy) is 2. The van der Waals surface area contributed by atoms with Gasteiger partial charge in [-0.3, -0.25) is 14.8 Å². The number of rotatable bonds is 9. The molecule has 1 aliphatic rings. The zero-order chi connectivity index (χ0) is 23.2. The summed E-state index contributed by atoms with van der Waals surface area (Å²) in [7, 11) is -2.28. The van der Waals surface area contributed by atoms with Gasteiger partial charge in [0.15, 0.2) is 14.6 Å². The first-order valence-electron chi connectivity index (χ1n) is 10.2. The minimum Gasteiger partial charge on any atom is -0.494 e. The maximum Gasteiger partial charge on any atom is 0.267 e. The average molecular weight is 466 g/mol. The van der Waals surface area contributed by atoms with Crippen LogP contribution >= 0.6 is 0 Å². The van der Waals surface area contributed by atoms with Gasteiger partial charge in [-0.05, 0) is 55.7 Å². The van der Waals surface area contributed by atoms with E-state index in [4.69, 9.17) is 14.7 Å². The molecule has 1 fully saturated rings. The number of hydrogen-bond acceptors (Lipinski definition) is 7. The molecule has 0 radical (unpaired) electrons. The van der Waals surface area contributed by atoms with Gasteiger partial charge < -0.3 is 19.4 Å². The monoisotopic (exact) mass is 465 g/mol. The second-order valence-electron chi connectivity index (χ2n) is 7.48. The van der Waals surface area contributed by atoms with Crippen LogP contribution in [0.15, 0.2) is 47.5 Å². The number of benzene rings is 1. The molecule has 0 aliphatic carbocycles. The van der Waals surface area contributed by atoms with Crippen LogP contribution in [-0.2, 0) is 26.4 Å². The molecular weight excluding hydrogens is 438 g/mol. The Labute approximate surface area is 186 Å². The fourth-order valence-electron chi connectivity index (χ4n) is 3.61. The molecule has 2 amide bonds. The van der Waals surface area contributed by atoms with Gasteiger partial charge in [-0.2, -0.15) is 0 Å². The molecule has 0 saturated carbocycles. The molecule has 0 atom stereocenters. The van der Waals surface area contributed by atoms with Crippen molar-refractivity contribution in [1.82, 2.24) is 15.4 Å². The van der Waals surface area contributed by atoms with Crippen LogP contribution in [0.5, 0.6) is 5.75 Å². The Balaban J connectivity index is 1.55. The summed E-state index contributed by atoms with van der Waals surface area (Å²) in [5.74, 6) is -0.662. The summed E-state index contributed by atoms with van der Waals surface area (Å²) in [6.45, 7) is 0.966. The summed E-state index contributed by atoms with van der Waals surface area (Å²) in [4.78, 5) is 24.3. The zero-order valence-corrected chi connectivity index (χ0v) is 18.6. The van der Waals surface area contributed by atoms with Crippen LogP contribution in [0.25, 0.3) is 0 Å². The lowest BCUT2D eigenvalue weighted by atomic mass is 9.98. The molecule has 1 aromatic carbocycles. The van der Waals surface area contributed by atoms with E-state index in [0.717, 1.165) is 0 Å². The fraction of sp³-hybridized carbons (Fsp3) is 0.429. The van der Waals surface area contributed by atoms with Crippen molar-refractivity contribution in [3.63, 3.8) is 0 Å². The standard InChI is InChI=1S/C21H27N3O7S/c1-24-12-2-4-18(24)19(25)22-11-3-13-31-16-5-7-17(8-6-16)32(28,29)21(20(26)23-27)9-14-30-15-10-21/h2,4-8,12,27H,3,9-11,13-15H2,1H3,(H,22,25)(H,23,26). The number of nitrogens with zero attached hydrogens (tertiary/aromatic N) is 1. The summed E-state index contributed by atoms with van der Waals surface area (Å²) in [6, 6.07) is 9.31. The van der Waals surface area contributed by atoms with Gasteiger partial charge in [-0.1, -0.05) is 0 Å². The molecule has 3 rings (SSSR count). The molecule has 0 bridgehead atoms. The number of hydroxylamine groups is 1. The van der Waals surface area contributed by atoms with Gasteiger partial charge in [0.25, 0.3) is 11.8 Å². The Morgan fingerprint density at radius 3 is 2.47 bits per heavy atom. The normalized spacial score (nSPS) is 15.7. The quantitative estimate of drug-likeness (QED) is 0.286. The van der Waals surface area contributed by atoms with Crippen LogP contribution in [0.3, 0.4) is 0 Å². The number of sulfone groups is 1. The van der Waals surface area contributed by atoms with Crippen LogP contribution in [0, 0.1) is 0 Å². The first-order chi connectivity index (χ1) is 15.3. The SMILES string of the molecule is Cn1cccc1C(=O)NCCCOc1ccc(S(=O)(=O)C2(C(=O)NO)CCOCC2)cc1. The van der Waals surface area contributed by atoms with E-state index in [0.29, 0.717) is 31.0 Å². The predicted octanol–water partition coefficient (Wildman–Crippen LogP) is 1.05. The van der Waals surface area contributed by atoms with E-state index in [9.17, 15) is 18.0 Å². The molecule has 2 heterocycles. The third-order valence-corrected chi connectivity index (χ3v) is 8.03. The summed E-state index contributed by atoms with van der Waals surface area (Å²) in [5, 5.41) is 11.9. The van der Waals surface area contributed by atoms with Gasteiger partial charge in [-0.15, -0.1) is 0 Å². The first kappa shape index (κ1) is 23.8. The highest BCUT2D eigenvalue weighted by Crippen LogP contribution is 2.35. The van der Waals surface area contributed by atoms with Crippen LogP contribution in [0.4, 0.5) is 0 Å². The molecule has 174 valence electrons. The van der Waals surface area contributed by atoms with Gasteiger partial charge in [0.2, 0.25) is 0 Å². The van der Waals surface area contributed by atoms with Crippen molar-refractivity contribution in [2.45, 2.75) is 28.9 Å². The highest BCUT2D eigenvalue weighted by molar-refractivity contribution is 7.93. The zero-order valence-electron chi connectivity index (χ0n) is 17.7. The van der Waals surface area contributed by atoms with Crippen molar-refractivity contribution in [2.24, 2.45) is 7.05 Å². The van der Waals surface area contributed by atoms with E-state index < -0.39 is 20.5 Å². The highest BCUT2D eigenvalue weighted by Gasteiger charge is 2.52. The molecule has 2 aromatic rings. The number of nitrogens with one attached hydrogen (secondary N) is 2. The number of hydrogen-bond donors (Lipinski definition) is 3. The molecule has 1 saturated heterocycles. The van der Waals surface area contributed by atoms with Crippen LogP contribution in [-0.4, -0.2) is 61.1 Å². The first-order valence-corrected chi connectivity index (χ1v) is 11.7. The highest BCUT2D eigenvalue weighted by atomic mass is 32.2. The lowest BCUT2D eigenvalue weighted by molar-refractivity contribution is -0.134. The third kappa shape index (κ3) is 4.79. The van der Waals surface area contributed by atoms with Gasteiger partial charge in [-0.25, -0.2) is 13.9 Å². The molecule has 3 N–H and O–H groups in total. The number of carbonyl (C=O) groups is 2. The van der Waals surface area contributed by atoms with E-state index in [1.54, 1.807) is 29.9 Å². The summed E-state index contributed by atoms with van der Waals surface area (Å²) >= 11 is 0. The third-order valence-electron chi connectivity index (χ3n) is 5.52. The second kappa shape index (κ2) is 10.2. The Bertz CT molecular complexity index is 1040. The van der Waals surface area contributed by atoms with Crippen molar-refractivity contribution >= 4 is 21.7 Å². The minimum atomic E-state index is -4.07. The Hall–Kier alpha value is -2.89. The van der Waals surface area contributed by atoms with Gasteiger partial charge in [0, 0.05) is 33.0 Å². The largest absolute Gasteiger partial charge is 0.494 e. The van der Waals surface area contributed by atoms with Crippen LogP contribution < -0.4 is 15.5 Å².